The van der Waals surface area contributed by atoms with Crippen molar-refractivity contribution in [2.75, 3.05) is 6.61 Å². The molecule has 2 aromatic carbocycles. The minimum atomic E-state index is -0.716. The number of nitrogens with zero attached hydrogens (tertiary/aromatic N) is 1. The lowest BCUT2D eigenvalue weighted by Gasteiger charge is -2.27. The Bertz CT molecular complexity index is 1070. The monoisotopic (exact) mass is 424 g/mol. The second kappa shape index (κ2) is 9.38. The van der Waals surface area contributed by atoms with E-state index in [-0.39, 0.29) is 30.2 Å². The van der Waals surface area contributed by atoms with Crippen LogP contribution in [0.25, 0.3) is 0 Å². The molecule has 1 heterocycles. The fourth-order valence-electron chi connectivity index (χ4n) is 3.25. The van der Waals surface area contributed by atoms with E-state index in [0.29, 0.717) is 22.1 Å². The lowest BCUT2D eigenvalue weighted by molar-refractivity contribution is -0.139. The largest absolute Gasteiger partial charge is 0.489 e. The standard InChI is InChI=1S/C23H21ClN2O4/c1-3-28-23(27)20-14(2)30-22(26)18(12-25)21(20)15-8-6-9-17(11-15)29-13-16-7-4-5-10-19(16)24/h4-11,21H,3,13,26H2,1-2H3. The molecule has 0 spiro atoms. The maximum Gasteiger partial charge on any atom is 0.338 e. The highest BCUT2D eigenvalue weighted by molar-refractivity contribution is 6.31. The summed E-state index contributed by atoms with van der Waals surface area (Å²) >= 11 is 6.19. The maximum atomic E-state index is 12.6. The number of allylic oxidation sites excluding steroid dienone is 2. The van der Waals surface area contributed by atoms with E-state index in [1.807, 2.05) is 18.2 Å². The summed E-state index contributed by atoms with van der Waals surface area (Å²) in [5.74, 6) is -0.433. The molecule has 1 aliphatic heterocycles. The minimum absolute atomic E-state index is 0.0320. The van der Waals surface area contributed by atoms with Gasteiger partial charge >= 0.3 is 5.97 Å². The van der Waals surface area contributed by atoms with Crippen molar-refractivity contribution in [3.63, 3.8) is 0 Å². The summed E-state index contributed by atoms with van der Waals surface area (Å²) in [6.07, 6.45) is 0. The highest BCUT2D eigenvalue weighted by Crippen LogP contribution is 2.40. The topological polar surface area (TPSA) is 94.6 Å². The Morgan fingerprint density at radius 1 is 1.27 bits per heavy atom. The summed E-state index contributed by atoms with van der Waals surface area (Å²) < 4.78 is 16.5. The Labute approximate surface area is 180 Å². The van der Waals surface area contributed by atoms with Crippen LogP contribution in [0.4, 0.5) is 0 Å². The average molecular weight is 425 g/mol. The van der Waals surface area contributed by atoms with Gasteiger partial charge in [-0.05, 0) is 37.6 Å². The Kier molecular flexibility index (Phi) is 6.65. The molecule has 0 bridgehead atoms. The van der Waals surface area contributed by atoms with E-state index in [1.165, 1.54) is 0 Å². The van der Waals surface area contributed by atoms with Gasteiger partial charge in [-0.2, -0.15) is 5.26 Å². The molecule has 0 aromatic heterocycles. The quantitative estimate of drug-likeness (QED) is 0.683. The summed E-state index contributed by atoms with van der Waals surface area (Å²) in [5.41, 5.74) is 7.83. The molecular weight excluding hydrogens is 404 g/mol. The van der Waals surface area contributed by atoms with Crippen LogP contribution < -0.4 is 10.5 Å². The van der Waals surface area contributed by atoms with Crippen LogP contribution >= 0.6 is 11.6 Å². The molecule has 1 unspecified atom stereocenters. The number of halogens is 1. The van der Waals surface area contributed by atoms with Gasteiger partial charge < -0.3 is 19.9 Å². The van der Waals surface area contributed by atoms with Gasteiger partial charge in [0, 0.05) is 10.6 Å². The molecule has 0 amide bonds. The summed E-state index contributed by atoms with van der Waals surface area (Å²) in [6, 6.07) is 16.6. The molecule has 2 aromatic rings. The fourth-order valence-corrected chi connectivity index (χ4v) is 3.44. The first kappa shape index (κ1) is 21.3. The average Bonchev–Trinajstić information content (AvgIpc) is 2.73. The molecule has 0 saturated heterocycles. The van der Waals surface area contributed by atoms with E-state index in [4.69, 9.17) is 31.5 Å². The lowest BCUT2D eigenvalue weighted by Crippen LogP contribution is -2.25. The summed E-state index contributed by atoms with van der Waals surface area (Å²) in [6.45, 7) is 3.81. The normalized spacial score (nSPS) is 16.0. The second-order valence-electron chi connectivity index (χ2n) is 6.57. The van der Waals surface area contributed by atoms with Crippen molar-refractivity contribution < 1.29 is 19.0 Å². The minimum Gasteiger partial charge on any atom is -0.489 e. The first-order chi connectivity index (χ1) is 14.5. The molecule has 154 valence electrons. The molecule has 1 aliphatic rings. The number of nitriles is 1. The molecule has 0 saturated carbocycles. The van der Waals surface area contributed by atoms with Gasteiger partial charge in [0.05, 0.1) is 18.1 Å². The van der Waals surface area contributed by atoms with Gasteiger partial charge in [0.25, 0.3) is 0 Å². The number of carbonyl (C=O) groups excluding carboxylic acids is 1. The zero-order chi connectivity index (χ0) is 21.7. The van der Waals surface area contributed by atoms with Gasteiger partial charge in [-0.1, -0.05) is 41.9 Å². The molecule has 0 aliphatic carbocycles. The smallest absolute Gasteiger partial charge is 0.338 e. The number of hydrogen-bond acceptors (Lipinski definition) is 6. The zero-order valence-corrected chi connectivity index (χ0v) is 17.4. The number of ether oxygens (including phenoxy) is 3. The SMILES string of the molecule is CCOC(=O)C1=C(C)OC(N)=C(C#N)C1c1cccc(OCc2ccccc2Cl)c1. The second-order valence-corrected chi connectivity index (χ2v) is 6.97. The fraction of sp³-hybridized carbons (Fsp3) is 0.217. The van der Waals surface area contributed by atoms with E-state index >= 15 is 0 Å². The van der Waals surface area contributed by atoms with Crippen molar-refractivity contribution in [1.82, 2.24) is 0 Å². The number of hydrogen-bond donors (Lipinski definition) is 1. The summed E-state index contributed by atoms with van der Waals surface area (Å²) in [7, 11) is 0. The molecule has 2 N–H and O–H groups in total. The number of carbonyl (C=O) groups is 1. The highest BCUT2D eigenvalue weighted by atomic mass is 35.5. The molecule has 0 fully saturated rings. The van der Waals surface area contributed by atoms with Crippen LogP contribution in [0.3, 0.4) is 0 Å². The van der Waals surface area contributed by atoms with Crippen LogP contribution in [0, 0.1) is 11.3 Å². The highest BCUT2D eigenvalue weighted by Gasteiger charge is 2.36. The molecule has 3 rings (SSSR count). The third-order valence-corrected chi connectivity index (χ3v) is 5.01. The van der Waals surface area contributed by atoms with Crippen molar-refractivity contribution in [1.29, 1.82) is 5.26 Å². The third kappa shape index (κ3) is 4.42. The van der Waals surface area contributed by atoms with Crippen LogP contribution in [0.2, 0.25) is 5.02 Å². The summed E-state index contributed by atoms with van der Waals surface area (Å²) in [5, 5.41) is 10.3. The van der Waals surface area contributed by atoms with Gasteiger partial charge in [-0.3, -0.25) is 0 Å². The van der Waals surface area contributed by atoms with Crippen molar-refractivity contribution >= 4 is 17.6 Å². The van der Waals surface area contributed by atoms with Gasteiger partial charge in [0.1, 0.15) is 29.8 Å². The maximum absolute atomic E-state index is 12.6. The third-order valence-electron chi connectivity index (χ3n) is 4.64. The van der Waals surface area contributed by atoms with E-state index in [2.05, 4.69) is 6.07 Å². The van der Waals surface area contributed by atoms with Crippen LogP contribution in [0.5, 0.6) is 5.75 Å². The van der Waals surface area contributed by atoms with E-state index in [0.717, 1.165) is 5.56 Å². The Morgan fingerprint density at radius 2 is 2.03 bits per heavy atom. The predicted octanol–water partition coefficient (Wildman–Crippen LogP) is 4.56. The summed E-state index contributed by atoms with van der Waals surface area (Å²) in [4.78, 5) is 12.6. The molecular formula is C23H21ClN2O4. The number of nitrogens with two attached hydrogens (primary N) is 1. The Morgan fingerprint density at radius 3 is 2.73 bits per heavy atom. The van der Waals surface area contributed by atoms with Crippen molar-refractivity contribution in [3.05, 3.63) is 87.5 Å². The van der Waals surface area contributed by atoms with E-state index in [1.54, 1.807) is 44.2 Å². The zero-order valence-electron chi connectivity index (χ0n) is 16.6. The Hall–Kier alpha value is -3.43. The molecule has 0 radical (unpaired) electrons. The van der Waals surface area contributed by atoms with Crippen LogP contribution in [-0.4, -0.2) is 12.6 Å². The van der Waals surface area contributed by atoms with Crippen molar-refractivity contribution in [3.8, 4) is 11.8 Å². The van der Waals surface area contributed by atoms with E-state index in [9.17, 15) is 10.1 Å². The van der Waals surface area contributed by atoms with E-state index < -0.39 is 11.9 Å². The molecule has 1 atom stereocenters. The van der Waals surface area contributed by atoms with Gasteiger partial charge in [-0.15, -0.1) is 0 Å². The first-order valence-electron chi connectivity index (χ1n) is 9.37. The van der Waals surface area contributed by atoms with Gasteiger partial charge in [0.2, 0.25) is 5.88 Å². The van der Waals surface area contributed by atoms with Crippen LogP contribution in [-0.2, 0) is 20.9 Å². The number of esters is 1. The van der Waals surface area contributed by atoms with Crippen molar-refractivity contribution in [2.45, 2.75) is 26.4 Å². The number of benzene rings is 2. The van der Waals surface area contributed by atoms with Crippen LogP contribution in [0.15, 0.2) is 71.3 Å². The predicted molar refractivity (Wildman–Crippen MR) is 112 cm³/mol. The Balaban J connectivity index is 1.96. The van der Waals surface area contributed by atoms with Gasteiger partial charge in [-0.25, -0.2) is 4.79 Å². The first-order valence-corrected chi connectivity index (χ1v) is 9.75. The lowest BCUT2D eigenvalue weighted by atomic mass is 9.83. The van der Waals surface area contributed by atoms with Crippen molar-refractivity contribution in [2.24, 2.45) is 5.73 Å². The molecule has 30 heavy (non-hydrogen) atoms. The number of rotatable bonds is 6. The molecule has 7 heteroatoms. The molecule has 6 nitrogen and oxygen atoms in total. The van der Waals surface area contributed by atoms with Crippen LogP contribution in [0.1, 0.15) is 30.9 Å². The van der Waals surface area contributed by atoms with Gasteiger partial charge in [0.15, 0.2) is 0 Å².